The summed E-state index contributed by atoms with van der Waals surface area (Å²) in [5.74, 6) is 0.313. The maximum absolute atomic E-state index is 10.6. The molecule has 1 saturated carbocycles. The van der Waals surface area contributed by atoms with E-state index >= 15 is 0 Å². The van der Waals surface area contributed by atoms with Gasteiger partial charge in [0.25, 0.3) is 0 Å². The Balaban J connectivity index is 2.60. The van der Waals surface area contributed by atoms with Crippen molar-refractivity contribution in [1.82, 2.24) is 5.32 Å². The molecule has 1 aliphatic carbocycles. The molecule has 1 rings (SSSR count). The van der Waals surface area contributed by atoms with E-state index in [1.54, 1.807) is 19.1 Å². The van der Waals surface area contributed by atoms with E-state index in [0.29, 0.717) is 0 Å². The van der Waals surface area contributed by atoms with Crippen LogP contribution in [-0.4, -0.2) is 33.9 Å². The van der Waals surface area contributed by atoms with Crippen molar-refractivity contribution in [2.45, 2.75) is 70.6 Å². The van der Waals surface area contributed by atoms with Crippen LogP contribution in [0.3, 0.4) is 0 Å². The SMILES string of the molecule is CC(C)[C@@H](O)/C=C/C(C)(O)C1CCC(C)(NC=O)CC1. The number of rotatable bonds is 6. The molecule has 1 amide bonds. The Morgan fingerprint density at radius 2 is 1.90 bits per heavy atom. The van der Waals surface area contributed by atoms with Gasteiger partial charge in [-0.3, -0.25) is 4.79 Å². The van der Waals surface area contributed by atoms with Crippen molar-refractivity contribution in [2.75, 3.05) is 0 Å². The number of aliphatic hydroxyl groups is 2. The van der Waals surface area contributed by atoms with Crippen molar-refractivity contribution < 1.29 is 15.0 Å². The van der Waals surface area contributed by atoms with Crippen molar-refractivity contribution in [1.29, 1.82) is 0 Å². The quantitative estimate of drug-likeness (QED) is 0.516. The molecule has 3 N–H and O–H groups in total. The third-order valence-electron chi connectivity index (χ3n) is 4.64. The fourth-order valence-electron chi connectivity index (χ4n) is 2.78. The minimum Gasteiger partial charge on any atom is -0.389 e. The summed E-state index contributed by atoms with van der Waals surface area (Å²) in [6, 6.07) is 0. The average Bonchev–Trinajstić information content (AvgIpc) is 2.36. The van der Waals surface area contributed by atoms with E-state index in [9.17, 15) is 15.0 Å². The van der Waals surface area contributed by atoms with E-state index in [4.69, 9.17) is 0 Å². The monoisotopic (exact) mass is 283 g/mol. The smallest absolute Gasteiger partial charge is 0.207 e. The highest BCUT2D eigenvalue weighted by Gasteiger charge is 2.37. The van der Waals surface area contributed by atoms with Gasteiger partial charge < -0.3 is 15.5 Å². The molecule has 0 aromatic carbocycles. The van der Waals surface area contributed by atoms with Crippen LogP contribution in [0.2, 0.25) is 0 Å². The maximum atomic E-state index is 10.6. The topological polar surface area (TPSA) is 69.6 Å². The van der Waals surface area contributed by atoms with E-state index in [0.717, 1.165) is 32.1 Å². The van der Waals surface area contributed by atoms with E-state index < -0.39 is 11.7 Å². The van der Waals surface area contributed by atoms with Gasteiger partial charge >= 0.3 is 0 Å². The molecule has 0 saturated heterocycles. The average molecular weight is 283 g/mol. The summed E-state index contributed by atoms with van der Waals surface area (Å²) in [7, 11) is 0. The molecule has 20 heavy (non-hydrogen) atoms. The summed E-state index contributed by atoms with van der Waals surface area (Å²) in [5, 5.41) is 23.3. The van der Waals surface area contributed by atoms with Gasteiger partial charge in [-0.1, -0.05) is 26.0 Å². The summed E-state index contributed by atoms with van der Waals surface area (Å²) >= 11 is 0. The highest BCUT2D eigenvalue weighted by atomic mass is 16.3. The fourth-order valence-corrected chi connectivity index (χ4v) is 2.78. The fraction of sp³-hybridized carbons (Fsp3) is 0.812. The van der Waals surface area contributed by atoms with E-state index in [2.05, 4.69) is 5.32 Å². The third kappa shape index (κ3) is 4.60. The van der Waals surface area contributed by atoms with Crippen LogP contribution in [0.1, 0.15) is 53.4 Å². The molecule has 1 fully saturated rings. The molecule has 0 aromatic heterocycles. The summed E-state index contributed by atoms with van der Waals surface area (Å²) < 4.78 is 0. The minimum absolute atomic E-state index is 0.143. The molecule has 1 aliphatic rings. The number of carbonyl (C=O) groups excluding carboxylic acids is 1. The lowest BCUT2D eigenvalue weighted by Gasteiger charge is -2.41. The second-order valence-electron chi connectivity index (χ2n) is 6.92. The molecule has 4 nitrogen and oxygen atoms in total. The molecule has 116 valence electrons. The second kappa shape index (κ2) is 6.72. The first kappa shape index (κ1) is 17.2. The number of nitrogens with one attached hydrogen (secondary N) is 1. The third-order valence-corrected chi connectivity index (χ3v) is 4.64. The lowest BCUT2D eigenvalue weighted by atomic mass is 9.71. The summed E-state index contributed by atoms with van der Waals surface area (Å²) in [6.45, 7) is 7.74. The van der Waals surface area contributed by atoms with Gasteiger partial charge in [0, 0.05) is 5.54 Å². The number of hydrogen-bond donors (Lipinski definition) is 3. The first-order valence-electron chi connectivity index (χ1n) is 7.51. The van der Waals surface area contributed by atoms with Crippen molar-refractivity contribution in [3.05, 3.63) is 12.2 Å². The molecular weight excluding hydrogens is 254 g/mol. The molecule has 0 heterocycles. The molecule has 4 heteroatoms. The van der Waals surface area contributed by atoms with Crippen LogP contribution in [-0.2, 0) is 4.79 Å². The Kier molecular flexibility index (Phi) is 5.78. The van der Waals surface area contributed by atoms with Crippen LogP contribution >= 0.6 is 0 Å². The summed E-state index contributed by atoms with van der Waals surface area (Å²) in [4.78, 5) is 10.6. The van der Waals surface area contributed by atoms with Gasteiger partial charge in [0.05, 0.1) is 11.7 Å². The zero-order valence-corrected chi connectivity index (χ0v) is 13.1. The Hall–Kier alpha value is -0.870. The van der Waals surface area contributed by atoms with E-state index in [1.807, 2.05) is 20.8 Å². The van der Waals surface area contributed by atoms with Crippen LogP contribution in [0.15, 0.2) is 12.2 Å². The van der Waals surface area contributed by atoms with Gasteiger partial charge in [0.15, 0.2) is 0 Å². The Morgan fingerprint density at radius 1 is 1.35 bits per heavy atom. The van der Waals surface area contributed by atoms with E-state index in [-0.39, 0.29) is 17.4 Å². The van der Waals surface area contributed by atoms with Gasteiger partial charge in [-0.25, -0.2) is 0 Å². The van der Waals surface area contributed by atoms with Crippen LogP contribution in [0.5, 0.6) is 0 Å². The maximum Gasteiger partial charge on any atom is 0.207 e. The highest BCUT2D eigenvalue weighted by molar-refractivity contribution is 5.47. The van der Waals surface area contributed by atoms with Gasteiger partial charge in [-0.2, -0.15) is 0 Å². The molecule has 0 bridgehead atoms. The molecule has 2 atom stereocenters. The number of aliphatic hydroxyl groups excluding tert-OH is 1. The van der Waals surface area contributed by atoms with Crippen molar-refractivity contribution in [3.8, 4) is 0 Å². The van der Waals surface area contributed by atoms with Gasteiger partial charge in [-0.15, -0.1) is 0 Å². The zero-order chi connectivity index (χ0) is 15.4. The standard InChI is InChI=1S/C16H29NO3/c1-12(2)14(19)7-10-16(4,20)13-5-8-15(3,9-6-13)17-11-18/h7,10-14,19-20H,5-6,8-9H2,1-4H3,(H,17,18)/b10-7+/t13?,14-,15?,16?/m0/s1. The first-order chi connectivity index (χ1) is 9.20. The predicted octanol–water partition coefficient (Wildman–Crippen LogP) is 2.01. The second-order valence-corrected chi connectivity index (χ2v) is 6.92. The first-order valence-corrected chi connectivity index (χ1v) is 7.51. The summed E-state index contributed by atoms with van der Waals surface area (Å²) in [5.41, 5.74) is -1.05. The van der Waals surface area contributed by atoms with Crippen LogP contribution < -0.4 is 5.32 Å². The van der Waals surface area contributed by atoms with Crippen molar-refractivity contribution >= 4 is 6.41 Å². The Labute approximate surface area is 122 Å². The minimum atomic E-state index is -0.904. The van der Waals surface area contributed by atoms with Crippen molar-refractivity contribution in [3.63, 3.8) is 0 Å². The van der Waals surface area contributed by atoms with Crippen LogP contribution in [0.4, 0.5) is 0 Å². The molecule has 1 unspecified atom stereocenters. The normalized spacial score (nSPS) is 32.0. The Bertz CT molecular complexity index is 342. The van der Waals surface area contributed by atoms with Crippen molar-refractivity contribution in [2.24, 2.45) is 11.8 Å². The molecule has 0 radical (unpaired) electrons. The van der Waals surface area contributed by atoms with Gasteiger partial charge in [0.2, 0.25) is 6.41 Å². The lowest BCUT2D eigenvalue weighted by molar-refractivity contribution is -0.111. The van der Waals surface area contributed by atoms with Gasteiger partial charge in [-0.05, 0) is 51.4 Å². The summed E-state index contributed by atoms with van der Waals surface area (Å²) in [6.07, 6.45) is 7.14. The van der Waals surface area contributed by atoms with Crippen LogP contribution in [0.25, 0.3) is 0 Å². The Morgan fingerprint density at radius 3 is 2.35 bits per heavy atom. The number of carbonyl (C=O) groups is 1. The largest absolute Gasteiger partial charge is 0.389 e. The predicted molar refractivity (Wildman–Crippen MR) is 80.2 cm³/mol. The number of hydrogen-bond acceptors (Lipinski definition) is 3. The number of amides is 1. The molecule has 0 aromatic rings. The zero-order valence-electron chi connectivity index (χ0n) is 13.1. The van der Waals surface area contributed by atoms with E-state index in [1.165, 1.54) is 0 Å². The molecule has 0 spiro atoms. The molecular formula is C16H29NO3. The van der Waals surface area contributed by atoms with Crippen LogP contribution in [0, 0.1) is 11.8 Å². The lowest BCUT2D eigenvalue weighted by Crippen LogP contribution is -2.47. The highest BCUT2D eigenvalue weighted by Crippen LogP contribution is 2.38. The van der Waals surface area contributed by atoms with Gasteiger partial charge in [0.1, 0.15) is 0 Å². The molecule has 0 aliphatic heterocycles.